The van der Waals surface area contributed by atoms with Gasteiger partial charge in [-0.3, -0.25) is 0 Å². The Bertz CT molecular complexity index is 3560. The maximum Gasteiger partial charge on any atom is 0.0782 e. The number of rotatable bonds is 8. The molecule has 1 aromatic heterocycles. The van der Waals surface area contributed by atoms with E-state index in [0.29, 0.717) is 5.92 Å². The van der Waals surface area contributed by atoms with E-state index in [2.05, 4.69) is 234 Å². The number of nitrogens with zero attached hydrogens (tertiary/aromatic N) is 2. The Balaban J connectivity index is 1.14. The molecule has 0 amide bonds. The van der Waals surface area contributed by atoms with Crippen molar-refractivity contribution in [3.05, 3.63) is 252 Å². The summed E-state index contributed by atoms with van der Waals surface area (Å²) >= 11 is 0. The van der Waals surface area contributed by atoms with Crippen molar-refractivity contribution >= 4 is 49.6 Å². The Kier molecular flexibility index (Phi) is 9.67. The zero-order valence-electron chi connectivity index (χ0n) is 37.8. The lowest BCUT2D eigenvalue weighted by Crippen LogP contribution is -2.30. The van der Waals surface area contributed by atoms with Crippen LogP contribution in [0, 0.1) is 0 Å². The largest absolute Gasteiger partial charge is 0.308 e. The number of anilines is 3. The van der Waals surface area contributed by atoms with Gasteiger partial charge in [-0.25, -0.2) is 0 Å². The van der Waals surface area contributed by atoms with Gasteiger partial charge in [-0.1, -0.05) is 207 Å². The summed E-state index contributed by atoms with van der Waals surface area (Å²) in [5, 5.41) is 5.18. The summed E-state index contributed by atoms with van der Waals surface area (Å²) in [5.41, 5.74) is 18.6. The van der Waals surface area contributed by atoms with Crippen LogP contribution in [0.3, 0.4) is 0 Å². The Morgan fingerprint density at radius 2 is 1.18 bits per heavy atom. The zero-order valence-corrected chi connectivity index (χ0v) is 37.8. The molecular formula is C65H52N2. The van der Waals surface area contributed by atoms with E-state index in [1.165, 1.54) is 115 Å². The number of hydrogen-bond acceptors (Lipinski definition) is 1. The van der Waals surface area contributed by atoms with E-state index in [-0.39, 0.29) is 0 Å². The van der Waals surface area contributed by atoms with Gasteiger partial charge in [0.15, 0.2) is 0 Å². The Labute approximate surface area is 393 Å². The minimum Gasteiger partial charge on any atom is -0.308 e. The highest BCUT2D eigenvalue weighted by atomic mass is 15.2. The molecule has 1 heterocycles. The predicted molar refractivity (Wildman–Crippen MR) is 282 cm³/mol. The van der Waals surface area contributed by atoms with Gasteiger partial charge < -0.3 is 9.47 Å². The summed E-state index contributed by atoms with van der Waals surface area (Å²) < 4.78 is 2.49. The number of benzene rings is 9. The standard InChI is InChI=1S/C65H52N2/c1-5-22-45(23-6-1)51-35-19-24-46-25-20-36-56(63(46)51)54-33-14-17-39-60(54)66(62-41-21-37-57-55-34-15-18-40-61(55)67(64(57)62)49-30-11-4-12-31-49)50-42-43-53-52-32-13-16-38-58(52)65(59(53)44-50,47-26-7-2-8-27-47)48-28-9-3-10-29-48/h2-4,7-9,11-21,24-28,30-45H,1,5-6,10,22-23,29H2. The second kappa shape index (κ2) is 16.3. The van der Waals surface area contributed by atoms with Gasteiger partial charge in [-0.05, 0) is 124 Å². The SMILES string of the molecule is C1=CCCC(C2(c3ccccc3)c3ccccc3-c3ccc(N(c4ccccc4-c4cccc5cccc(C6CCCCC6)c45)c4cccc5c6ccccc6n(-c6ccccc6)c45)cc32)=C1. The number of hydrogen-bond donors (Lipinski definition) is 0. The summed E-state index contributed by atoms with van der Waals surface area (Å²) in [6, 6.07) is 77.9. The predicted octanol–water partition coefficient (Wildman–Crippen LogP) is 17.7. The zero-order chi connectivity index (χ0) is 44.3. The molecule has 3 aliphatic rings. The molecule has 1 saturated carbocycles. The topological polar surface area (TPSA) is 8.17 Å². The molecule has 2 nitrogen and oxygen atoms in total. The lowest BCUT2D eigenvalue weighted by molar-refractivity contribution is 0.445. The first kappa shape index (κ1) is 39.7. The quantitative estimate of drug-likeness (QED) is 0.148. The summed E-state index contributed by atoms with van der Waals surface area (Å²) in [7, 11) is 0. The Morgan fingerprint density at radius 1 is 0.507 bits per heavy atom. The fourth-order valence-electron chi connectivity index (χ4n) is 12.5. The van der Waals surface area contributed by atoms with Crippen LogP contribution in [-0.4, -0.2) is 4.57 Å². The molecular weight excluding hydrogens is 809 g/mol. The molecule has 0 spiro atoms. The number of allylic oxidation sites excluding steroid dienone is 4. The van der Waals surface area contributed by atoms with Crippen molar-refractivity contribution in [3.8, 4) is 27.9 Å². The van der Waals surface area contributed by atoms with Gasteiger partial charge in [0.05, 0.1) is 27.8 Å². The molecule has 0 aliphatic heterocycles. The minimum absolute atomic E-state index is 0.464. The smallest absolute Gasteiger partial charge is 0.0782 e. The molecule has 67 heavy (non-hydrogen) atoms. The summed E-state index contributed by atoms with van der Waals surface area (Å²) in [4.78, 5) is 2.60. The van der Waals surface area contributed by atoms with E-state index >= 15 is 0 Å². The van der Waals surface area contributed by atoms with Crippen molar-refractivity contribution in [1.82, 2.24) is 4.57 Å². The summed E-state index contributed by atoms with van der Waals surface area (Å²) in [6.07, 6.45) is 15.5. The van der Waals surface area contributed by atoms with E-state index in [9.17, 15) is 0 Å². The van der Waals surface area contributed by atoms with Gasteiger partial charge in [0.25, 0.3) is 0 Å². The van der Waals surface area contributed by atoms with E-state index < -0.39 is 5.41 Å². The van der Waals surface area contributed by atoms with Crippen LogP contribution in [0.4, 0.5) is 17.1 Å². The molecule has 10 aromatic rings. The van der Waals surface area contributed by atoms with Crippen molar-refractivity contribution in [2.24, 2.45) is 0 Å². The molecule has 0 bridgehead atoms. The van der Waals surface area contributed by atoms with Crippen molar-refractivity contribution in [2.75, 3.05) is 4.90 Å². The van der Waals surface area contributed by atoms with Crippen LogP contribution in [0.15, 0.2) is 230 Å². The first-order valence-corrected chi connectivity index (χ1v) is 24.4. The van der Waals surface area contributed by atoms with Crippen molar-refractivity contribution in [3.63, 3.8) is 0 Å². The molecule has 0 saturated heterocycles. The van der Waals surface area contributed by atoms with Crippen molar-refractivity contribution in [2.45, 2.75) is 56.3 Å². The van der Waals surface area contributed by atoms with Crippen LogP contribution in [-0.2, 0) is 5.41 Å². The van der Waals surface area contributed by atoms with Crippen LogP contribution in [0.5, 0.6) is 0 Å². The highest BCUT2D eigenvalue weighted by molar-refractivity contribution is 6.15. The van der Waals surface area contributed by atoms with Gasteiger partial charge in [-0.15, -0.1) is 0 Å². The fraction of sp³-hybridized carbons (Fsp3) is 0.138. The monoisotopic (exact) mass is 860 g/mol. The Hall–Kier alpha value is -7.68. The highest BCUT2D eigenvalue weighted by Crippen LogP contribution is 2.59. The highest BCUT2D eigenvalue weighted by Gasteiger charge is 2.47. The molecule has 322 valence electrons. The van der Waals surface area contributed by atoms with Gasteiger partial charge >= 0.3 is 0 Å². The number of para-hydroxylation sites is 4. The molecule has 1 fully saturated rings. The lowest BCUT2D eigenvalue weighted by Gasteiger charge is -2.37. The van der Waals surface area contributed by atoms with E-state index in [0.717, 1.165) is 35.6 Å². The lowest BCUT2D eigenvalue weighted by atomic mass is 9.65. The first-order chi connectivity index (χ1) is 33.3. The molecule has 0 radical (unpaired) electrons. The van der Waals surface area contributed by atoms with Crippen molar-refractivity contribution < 1.29 is 0 Å². The molecule has 2 heteroatoms. The molecule has 9 aromatic carbocycles. The third-order valence-corrected chi connectivity index (χ3v) is 15.3. The van der Waals surface area contributed by atoms with Gasteiger partial charge in [0, 0.05) is 27.7 Å². The van der Waals surface area contributed by atoms with E-state index in [1.807, 2.05) is 0 Å². The second-order valence-corrected chi connectivity index (χ2v) is 18.9. The molecule has 3 aliphatic carbocycles. The fourth-order valence-corrected chi connectivity index (χ4v) is 12.5. The van der Waals surface area contributed by atoms with Crippen molar-refractivity contribution in [1.29, 1.82) is 0 Å². The van der Waals surface area contributed by atoms with Gasteiger partial charge in [-0.2, -0.15) is 0 Å². The van der Waals surface area contributed by atoms with Gasteiger partial charge in [0.1, 0.15) is 0 Å². The maximum atomic E-state index is 2.60. The van der Waals surface area contributed by atoms with Gasteiger partial charge in [0.2, 0.25) is 0 Å². The summed E-state index contributed by atoms with van der Waals surface area (Å²) in [6.45, 7) is 0. The average Bonchev–Trinajstić information content (AvgIpc) is 3.91. The normalized spacial score (nSPS) is 16.9. The minimum atomic E-state index is -0.464. The average molecular weight is 861 g/mol. The number of fused-ring (bicyclic) bond motifs is 7. The van der Waals surface area contributed by atoms with Crippen LogP contribution in [0.1, 0.15) is 73.1 Å². The van der Waals surface area contributed by atoms with Crippen LogP contribution in [0.2, 0.25) is 0 Å². The Morgan fingerprint density at radius 3 is 2.01 bits per heavy atom. The number of aromatic nitrogens is 1. The molecule has 13 rings (SSSR count). The third-order valence-electron chi connectivity index (χ3n) is 15.3. The van der Waals surface area contributed by atoms with Crippen LogP contribution < -0.4 is 4.90 Å². The van der Waals surface area contributed by atoms with E-state index in [4.69, 9.17) is 0 Å². The van der Waals surface area contributed by atoms with Crippen LogP contribution >= 0.6 is 0 Å². The summed E-state index contributed by atoms with van der Waals surface area (Å²) in [5.74, 6) is 0.561. The molecule has 0 N–H and O–H groups in total. The molecule has 1 unspecified atom stereocenters. The maximum absolute atomic E-state index is 2.60. The molecule has 1 atom stereocenters. The first-order valence-electron chi connectivity index (χ1n) is 24.4. The third kappa shape index (κ3) is 6.23. The van der Waals surface area contributed by atoms with Crippen LogP contribution in [0.25, 0.3) is 60.5 Å². The van der Waals surface area contributed by atoms with E-state index in [1.54, 1.807) is 0 Å². The second-order valence-electron chi connectivity index (χ2n) is 18.9.